The number of amides is 1. The van der Waals surface area contributed by atoms with Gasteiger partial charge >= 0.3 is 12.1 Å². The Hall–Kier alpha value is -2.41. The fourth-order valence-electron chi connectivity index (χ4n) is 1.57. The molecule has 0 aliphatic rings. The van der Waals surface area contributed by atoms with E-state index in [-0.39, 0.29) is 19.4 Å². The molecule has 1 aromatic carbocycles. The molecule has 7 nitrogen and oxygen atoms in total. The number of carbonyl (C=O) groups excluding carboxylic acids is 3. The average Bonchev–Trinajstić information content (AvgIpc) is 2.47. The Bertz CT molecular complexity index is 504. The number of ether oxygens (including phenoxy) is 2. The number of nitrogens with two attached hydrogens (primary N) is 1. The monoisotopic (exact) mass is 294 g/mol. The number of benzene rings is 1. The second-order valence-electron chi connectivity index (χ2n) is 4.25. The highest BCUT2D eigenvalue weighted by atomic mass is 16.6. The zero-order valence-electron chi connectivity index (χ0n) is 11.7. The third kappa shape index (κ3) is 6.05. The standard InChI is InChI=1S/C14H18N2O5/c1-20-13(18)12(15)5-7-16-14(19)21-11-4-2-3-10(9-11)6-8-17/h2-4,8-9,12H,5-7,15H2,1H3,(H,16,19)/t12-/m0/s1. The van der Waals surface area contributed by atoms with Crippen molar-refractivity contribution in [2.45, 2.75) is 18.9 Å². The van der Waals surface area contributed by atoms with E-state index in [2.05, 4.69) is 10.1 Å². The predicted molar refractivity (Wildman–Crippen MR) is 74.8 cm³/mol. The summed E-state index contributed by atoms with van der Waals surface area (Å²) in [5.41, 5.74) is 6.27. The van der Waals surface area contributed by atoms with Crippen LogP contribution in [0.5, 0.6) is 5.75 Å². The Morgan fingerprint density at radius 1 is 1.43 bits per heavy atom. The van der Waals surface area contributed by atoms with Crippen molar-refractivity contribution in [3.05, 3.63) is 29.8 Å². The highest BCUT2D eigenvalue weighted by Crippen LogP contribution is 2.13. The van der Waals surface area contributed by atoms with E-state index in [9.17, 15) is 14.4 Å². The van der Waals surface area contributed by atoms with Gasteiger partial charge in [0.05, 0.1) is 7.11 Å². The number of hydrogen-bond donors (Lipinski definition) is 2. The SMILES string of the molecule is COC(=O)[C@@H](N)CCNC(=O)Oc1cccc(CC=O)c1. The summed E-state index contributed by atoms with van der Waals surface area (Å²) >= 11 is 0. The van der Waals surface area contributed by atoms with E-state index >= 15 is 0 Å². The van der Waals surface area contributed by atoms with Crippen LogP contribution in [-0.4, -0.2) is 38.0 Å². The van der Waals surface area contributed by atoms with Crippen LogP contribution in [0.3, 0.4) is 0 Å². The molecular formula is C14H18N2O5. The molecule has 0 aliphatic heterocycles. The number of methoxy groups -OCH3 is 1. The van der Waals surface area contributed by atoms with Crippen LogP contribution in [0, 0.1) is 0 Å². The third-order valence-electron chi connectivity index (χ3n) is 2.66. The van der Waals surface area contributed by atoms with Gasteiger partial charge < -0.3 is 25.3 Å². The lowest BCUT2D eigenvalue weighted by Gasteiger charge is -2.10. The highest BCUT2D eigenvalue weighted by Gasteiger charge is 2.13. The van der Waals surface area contributed by atoms with E-state index in [4.69, 9.17) is 10.5 Å². The summed E-state index contributed by atoms with van der Waals surface area (Å²) in [4.78, 5) is 33.0. The van der Waals surface area contributed by atoms with Crippen LogP contribution in [0.15, 0.2) is 24.3 Å². The Labute approximate surface area is 122 Å². The molecule has 7 heteroatoms. The van der Waals surface area contributed by atoms with Gasteiger partial charge in [0.25, 0.3) is 0 Å². The molecule has 0 radical (unpaired) electrons. The molecule has 0 fully saturated rings. The highest BCUT2D eigenvalue weighted by molar-refractivity contribution is 5.75. The minimum atomic E-state index is -0.786. The van der Waals surface area contributed by atoms with E-state index in [1.54, 1.807) is 24.3 Å². The van der Waals surface area contributed by atoms with Gasteiger partial charge in [-0.1, -0.05) is 12.1 Å². The molecule has 1 rings (SSSR count). The average molecular weight is 294 g/mol. The maximum atomic E-state index is 11.5. The molecule has 0 saturated heterocycles. The topological polar surface area (TPSA) is 108 Å². The van der Waals surface area contributed by atoms with Gasteiger partial charge in [0.2, 0.25) is 0 Å². The van der Waals surface area contributed by atoms with E-state index in [0.717, 1.165) is 11.8 Å². The van der Waals surface area contributed by atoms with Crippen LogP contribution in [0.4, 0.5) is 4.79 Å². The molecule has 0 heterocycles. The van der Waals surface area contributed by atoms with Crippen molar-refractivity contribution < 1.29 is 23.9 Å². The summed E-state index contributed by atoms with van der Waals surface area (Å²) in [5, 5.41) is 2.47. The molecular weight excluding hydrogens is 276 g/mol. The summed E-state index contributed by atoms with van der Waals surface area (Å²) in [5.74, 6) is -0.198. The molecule has 114 valence electrons. The summed E-state index contributed by atoms with van der Waals surface area (Å²) in [6, 6.07) is 5.87. The second-order valence-corrected chi connectivity index (χ2v) is 4.25. The van der Waals surface area contributed by atoms with Gasteiger partial charge in [0, 0.05) is 13.0 Å². The predicted octanol–water partition coefficient (Wildman–Crippen LogP) is 0.407. The van der Waals surface area contributed by atoms with Crippen LogP contribution < -0.4 is 15.8 Å². The molecule has 0 bridgehead atoms. The van der Waals surface area contributed by atoms with Crippen molar-refractivity contribution in [1.29, 1.82) is 0 Å². The molecule has 3 N–H and O–H groups in total. The maximum absolute atomic E-state index is 11.5. The van der Waals surface area contributed by atoms with Gasteiger partial charge in [-0.3, -0.25) is 4.79 Å². The van der Waals surface area contributed by atoms with Crippen LogP contribution in [-0.2, 0) is 20.7 Å². The zero-order chi connectivity index (χ0) is 15.7. The first-order chi connectivity index (χ1) is 10.1. The lowest BCUT2D eigenvalue weighted by molar-refractivity contribution is -0.142. The fraction of sp³-hybridized carbons (Fsp3) is 0.357. The third-order valence-corrected chi connectivity index (χ3v) is 2.66. The first-order valence-corrected chi connectivity index (χ1v) is 6.38. The van der Waals surface area contributed by atoms with Gasteiger partial charge in [-0.15, -0.1) is 0 Å². The smallest absolute Gasteiger partial charge is 0.412 e. The van der Waals surface area contributed by atoms with Crippen molar-refractivity contribution in [3.8, 4) is 5.75 Å². The number of rotatable bonds is 7. The van der Waals surface area contributed by atoms with Crippen LogP contribution >= 0.6 is 0 Å². The van der Waals surface area contributed by atoms with Crippen LogP contribution in [0.1, 0.15) is 12.0 Å². The van der Waals surface area contributed by atoms with Crippen molar-refractivity contribution in [1.82, 2.24) is 5.32 Å². The van der Waals surface area contributed by atoms with E-state index in [1.165, 1.54) is 7.11 Å². The minimum absolute atomic E-state index is 0.184. The van der Waals surface area contributed by atoms with Gasteiger partial charge in [0.15, 0.2) is 0 Å². The van der Waals surface area contributed by atoms with Gasteiger partial charge in [0.1, 0.15) is 18.1 Å². The van der Waals surface area contributed by atoms with E-state index < -0.39 is 18.1 Å². The lowest BCUT2D eigenvalue weighted by Crippen LogP contribution is -2.37. The fourth-order valence-corrected chi connectivity index (χ4v) is 1.57. The summed E-state index contributed by atoms with van der Waals surface area (Å²) in [6.07, 6.45) is 0.614. The summed E-state index contributed by atoms with van der Waals surface area (Å²) in [6.45, 7) is 0.184. The molecule has 0 aromatic heterocycles. The number of nitrogens with one attached hydrogen (secondary N) is 1. The molecule has 0 aliphatic carbocycles. The van der Waals surface area contributed by atoms with Gasteiger partial charge in [-0.25, -0.2) is 4.79 Å². The van der Waals surface area contributed by atoms with Crippen molar-refractivity contribution in [2.24, 2.45) is 5.73 Å². The first-order valence-electron chi connectivity index (χ1n) is 6.38. The molecule has 21 heavy (non-hydrogen) atoms. The van der Waals surface area contributed by atoms with Crippen molar-refractivity contribution in [3.63, 3.8) is 0 Å². The Morgan fingerprint density at radius 2 is 2.19 bits per heavy atom. The number of aldehydes is 1. The van der Waals surface area contributed by atoms with Crippen LogP contribution in [0.25, 0.3) is 0 Å². The van der Waals surface area contributed by atoms with Crippen molar-refractivity contribution in [2.75, 3.05) is 13.7 Å². The minimum Gasteiger partial charge on any atom is -0.468 e. The Balaban J connectivity index is 2.38. The molecule has 0 unspecified atom stereocenters. The first kappa shape index (κ1) is 16.6. The number of carbonyl (C=O) groups is 3. The second kappa shape index (κ2) is 8.70. The van der Waals surface area contributed by atoms with Gasteiger partial charge in [-0.05, 0) is 24.1 Å². The Morgan fingerprint density at radius 3 is 2.86 bits per heavy atom. The lowest BCUT2D eigenvalue weighted by atomic mass is 10.2. The van der Waals surface area contributed by atoms with Crippen LogP contribution in [0.2, 0.25) is 0 Å². The Kier molecular flexibility index (Phi) is 6.90. The zero-order valence-corrected chi connectivity index (χ0v) is 11.7. The van der Waals surface area contributed by atoms with Gasteiger partial charge in [-0.2, -0.15) is 0 Å². The summed E-state index contributed by atoms with van der Waals surface area (Å²) in [7, 11) is 1.25. The molecule has 1 amide bonds. The van der Waals surface area contributed by atoms with E-state index in [1.807, 2.05) is 0 Å². The number of hydrogen-bond acceptors (Lipinski definition) is 6. The maximum Gasteiger partial charge on any atom is 0.412 e. The molecule has 0 spiro atoms. The van der Waals surface area contributed by atoms with E-state index in [0.29, 0.717) is 5.75 Å². The molecule has 1 atom stereocenters. The summed E-state index contributed by atoms with van der Waals surface area (Å²) < 4.78 is 9.51. The largest absolute Gasteiger partial charge is 0.468 e. The van der Waals surface area contributed by atoms with Crippen molar-refractivity contribution >= 4 is 18.3 Å². The normalized spacial score (nSPS) is 11.3. The molecule has 0 saturated carbocycles. The number of esters is 1. The quantitative estimate of drug-likeness (QED) is 0.557. The molecule has 1 aromatic rings.